The van der Waals surface area contributed by atoms with Gasteiger partial charge in [0.25, 0.3) is 0 Å². The lowest BCUT2D eigenvalue weighted by molar-refractivity contribution is 0.0504. The van der Waals surface area contributed by atoms with E-state index in [0.717, 1.165) is 30.0 Å². The number of methoxy groups -OCH3 is 1. The maximum atomic E-state index is 10.5. The number of nitrogens with zero attached hydrogens (tertiary/aromatic N) is 1. The van der Waals surface area contributed by atoms with Gasteiger partial charge in [0.05, 0.1) is 7.11 Å². The Morgan fingerprint density at radius 2 is 1.77 bits per heavy atom. The molecule has 2 aromatic carbocycles. The van der Waals surface area contributed by atoms with Crippen molar-refractivity contribution in [3.63, 3.8) is 0 Å². The zero-order valence-corrected chi connectivity index (χ0v) is 16.3. The third kappa shape index (κ3) is 6.04. The number of hydrogen-bond acceptors (Lipinski definition) is 4. The minimum absolute atomic E-state index is 0.292. The summed E-state index contributed by atoms with van der Waals surface area (Å²) < 4.78 is 11.0. The maximum Gasteiger partial charge on any atom is 0.122 e. The fourth-order valence-electron chi connectivity index (χ4n) is 2.85. The van der Waals surface area contributed by atoms with E-state index < -0.39 is 6.10 Å². The normalized spacial score (nSPS) is 13.5. The van der Waals surface area contributed by atoms with Gasteiger partial charge in [0, 0.05) is 19.1 Å². The second-order valence-electron chi connectivity index (χ2n) is 6.77. The first-order valence-corrected chi connectivity index (χ1v) is 9.27. The smallest absolute Gasteiger partial charge is 0.122 e. The van der Waals surface area contributed by atoms with E-state index in [1.54, 1.807) is 7.11 Å². The predicted molar refractivity (Wildman–Crippen MR) is 106 cm³/mol. The highest BCUT2D eigenvalue weighted by Gasteiger charge is 2.18. The summed E-state index contributed by atoms with van der Waals surface area (Å²) in [5, 5.41) is 10.5. The van der Waals surface area contributed by atoms with Crippen LogP contribution >= 0.6 is 0 Å². The zero-order chi connectivity index (χ0) is 18.9. The molecule has 0 heterocycles. The van der Waals surface area contributed by atoms with E-state index >= 15 is 0 Å². The minimum atomic E-state index is -0.540. The third-order valence-electron chi connectivity index (χ3n) is 4.73. The fraction of sp³-hybridized carbons (Fsp3) is 0.455. The Morgan fingerprint density at radius 1 is 1.08 bits per heavy atom. The third-order valence-corrected chi connectivity index (χ3v) is 4.73. The van der Waals surface area contributed by atoms with Crippen LogP contribution in [0.25, 0.3) is 0 Å². The molecule has 0 aromatic heterocycles. The van der Waals surface area contributed by atoms with Gasteiger partial charge in [-0.2, -0.15) is 0 Å². The fourth-order valence-corrected chi connectivity index (χ4v) is 2.85. The monoisotopic (exact) mass is 357 g/mol. The first-order valence-electron chi connectivity index (χ1n) is 9.27. The molecule has 0 bridgehead atoms. The van der Waals surface area contributed by atoms with Gasteiger partial charge < -0.3 is 14.6 Å². The highest BCUT2D eigenvalue weighted by atomic mass is 16.5. The molecule has 2 aromatic rings. The highest BCUT2D eigenvalue weighted by molar-refractivity contribution is 5.31. The molecule has 1 N–H and O–H groups in total. The molecule has 0 spiro atoms. The first-order chi connectivity index (χ1) is 12.5. The Labute approximate surface area is 157 Å². The van der Waals surface area contributed by atoms with Crippen LogP contribution in [0.1, 0.15) is 31.4 Å². The SMILES string of the molecule is CC[C@H](C)N(Cc1ccc(OC)cc1)C[C@H](O)COc1ccccc1C. The zero-order valence-electron chi connectivity index (χ0n) is 16.3. The lowest BCUT2D eigenvalue weighted by Gasteiger charge is -2.30. The average Bonchev–Trinajstić information content (AvgIpc) is 2.66. The molecule has 2 rings (SSSR count). The minimum Gasteiger partial charge on any atom is -0.497 e. The van der Waals surface area contributed by atoms with Gasteiger partial charge >= 0.3 is 0 Å². The largest absolute Gasteiger partial charge is 0.497 e. The van der Waals surface area contributed by atoms with Crippen LogP contribution in [0.15, 0.2) is 48.5 Å². The lowest BCUT2D eigenvalue weighted by atomic mass is 10.1. The van der Waals surface area contributed by atoms with Gasteiger partial charge in [-0.1, -0.05) is 37.3 Å². The Hall–Kier alpha value is -2.04. The lowest BCUT2D eigenvalue weighted by Crippen LogP contribution is -2.40. The van der Waals surface area contributed by atoms with E-state index in [0.29, 0.717) is 19.2 Å². The van der Waals surface area contributed by atoms with Crippen molar-refractivity contribution in [3.8, 4) is 11.5 Å². The number of rotatable bonds is 10. The van der Waals surface area contributed by atoms with Crippen molar-refractivity contribution in [2.45, 2.75) is 45.9 Å². The summed E-state index contributed by atoms with van der Waals surface area (Å²) in [7, 11) is 1.67. The number of benzene rings is 2. The second kappa shape index (κ2) is 10.2. The Morgan fingerprint density at radius 3 is 2.38 bits per heavy atom. The summed E-state index contributed by atoms with van der Waals surface area (Å²) in [6.07, 6.45) is 0.489. The molecular formula is C22H31NO3. The van der Waals surface area contributed by atoms with Crippen LogP contribution < -0.4 is 9.47 Å². The van der Waals surface area contributed by atoms with Crippen LogP contribution in [0.2, 0.25) is 0 Å². The van der Waals surface area contributed by atoms with Gasteiger partial charge in [-0.15, -0.1) is 0 Å². The molecule has 0 fully saturated rings. The predicted octanol–water partition coefficient (Wildman–Crippen LogP) is 4.04. The van der Waals surface area contributed by atoms with Crippen LogP contribution in [0.3, 0.4) is 0 Å². The molecule has 0 aliphatic rings. The van der Waals surface area contributed by atoms with Crippen molar-refractivity contribution in [2.75, 3.05) is 20.3 Å². The number of aryl methyl sites for hydroxylation is 1. The van der Waals surface area contributed by atoms with Gasteiger partial charge in [0.2, 0.25) is 0 Å². The maximum absolute atomic E-state index is 10.5. The molecule has 0 radical (unpaired) electrons. The topological polar surface area (TPSA) is 41.9 Å². The molecule has 0 aliphatic carbocycles. The van der Waals surface area contributed by atoms with Crippen molar-refractivity contribution in [1.82, 2.24) is 4.90 Å². The van der Waals surface area contributed by atoms with Crippen molar-refractivity contribution in [2.24, 2.45) is 0 Å². The van der Waals surface area contributed by atoms with Crippen molar-refractivity contribution >= 4 is 0 Å². The standard InChI is InChI=1S/C22H31NO3/c1-5-18(3)23(14-19-10-12-21(25-4)13-11-19)15-20(24)16-26-22-9-7-6-8-17(22)2/h6-13,18,20,24H,5,14-16H2,1-4H3/t18-,20-/m0/s1. The molecule has 4 nitrogen and oxygen atoms in total. The van der Waals surface area contributed by atoms with Crippen LogP contribution in [-0.2, 0) is 6.54 Å². The van der Waals surface area contributed by atoms with E-state index in [4.69, 9.17) is 9.47 Å². The highest BCUT2D eigenvalue weighted by Crippen LogP contribution is 2.18. The van der Waals surface area contributed by atoms with E-state index in [-0.39, 0.29) is 0 Å². The van der Waals surface area contributed by atoms with Crippen molar-refractivity contribution < 1.29 is 14.6 Å². The van der Waals surface area contributed by atoms with Gasteiger partial charge in [-0.25, -0.2) is 0 Å². The van der Waals surface area contributed by atoms with Crippen molar-refractivity contribution in [3.05, 3.63) is 59.7 Å². The van der Waals surface area contributed by atoms with E-state index in [9.17, 15) is 5.11 Å². The van der Waals surface area contributed by atoms with Crippen LogP contribution in [0.4, 0.5) is 0 Å². The Balaban J connectivity index is 1.94. The summed E-state index contributed by atoms with van der Waals surface area (Å²) >= 11 is 0. The molecule has 0 saturated carbocycles. The molecule has 0 amide bonds. The van der Waals surface area contributed by atoms with Gasteiger partial charge in [0.15, 0.2) is 0 Å². The summed E-state index contributed by atoms with van der Waals surface area (Å²) in [6, 6.07) is 16.4. The first kappa shape index (κ1) is 20.3. The van der Waals surface area contributed by atoms with Gasteiger partial charge in [-0.3, -0.25) is 4.90 Å². The van der Waals surface area contributed by atoms with Crippen LogP contribution in [0.5, 0.6) is 11.5 Å². The molecule has 142 valence electrons. The van der Waals surface area contributed by atoms with Crippen LogP contribution in [0, 0.1) is 6.92 Å². The molecule has 0 unspecified atom stereocenters. The average molecular weight is 357 g/mol. The van der Waals surface area contributed by atoms with E-state index in [1.165, 1.54) is 5.56 Å². The summed E-state index contributed by atoms with van der Waals surface area (Å²) in [5.41, 5.74) is 2.29. The number of ether oxygens (including phenoxy) is 2. The van der Waals surface area contributed by atoms with Crippen LogP contribution in [-0.4, -0.2) is 42.4 Å². The molecule has 0 saturated heterocycles. The summed E-state index contributed by atoms with van der Waals surface area (Å²) in [6.45, 7) is 8.03. The summed E-state index contributed by atoms with van der Waals surface area (Å²) in [4.78, 5) is 2.30. The molecular weight excluding hydrogens is 326 g/mol. The number of para-hydroxylation sites is 1. The van der Waals surface area contributed by atoms with E-state index in [2.05, 4.69) is 30.9 Å². The van der Waals surface area contributed by atoms with E-state index in [1.807, 2.05) is 43.3 Å². The van der Waals surface area contributed by atoms with Gasteiger partial charge in [-0.05, 0) is 49.6 Å². The quantitative estimate of drug-likeness (QED) is 0.697. The summed E-state index contributed by atoms with van der Waals surface area (Å²) in [5.74, 6) is 1.69. The molecule has 26 heavy (non-hydrogen) atoms. The number of aliphatic hydroxyl groups is 1. The van der Waals surface area contributed by atoms with Crippen molar-refractivity contribution in [1.29, 1.82) is 0 Å². The molecule has 0 aliphatic heterocycles. The second-order valence-corrected chi connectivity index (χ2v) is 6.77. The number of aliphatic hydroxyl groups excluding tert-OH is 1. The molecule has 4 heteroatoms. The van der Waals surface area contributed by atoms with Gasteiger partial charge in [0.1, 0.15) is 24.2 Å². The Bertz CT molecular complexity index is 657. The number of hydrogen-bond donors (Lipinski definition) is 1. The molecule has 2 atom stereocenters. The Kier molecular flexibility index (Phi) is 7.95.